The number of amides is 1. The van der Waals surface area contributed by atoms with Gasteiger partial charge in [-0.2, -0.15) is 0 Å². The van der Waals surface area contributed by atoms with Gasteiger partial charge in [-0.25, -0.2) is 4.98 Å². The van der Waals surface area contributed by atoms with Crippen molar-refractivity contribution in [3.63, 3.8) is 0 Å². The summed E-state index contributed by atoms with van der Waals surface area (Å²) in [6.45, 7) is 0. The molecule has 1 N–H and O–H groups in total. The lowest BCUT2D eigenvalue weighted by molar-refractivity contribution is 0.0997. The van der Waals surface area contributed by atoms with Gasteiger partial charge in [-0.15, -0.1) is 0 Å². The van der Waals surface area contributed by atoms with Crippen LogP contribution >= 0.6 is 34.5 Å². The molecule has 0 saturated carbocycles. The molecular weight excluding hydrogens is 407 g/mol. The average molecular weight is 419 g/mol. The lowest BCUT2D eigenvalue weighted by Gasteiger charge is -2.00. The Hall–Kier alpha value is -2.54. The zero-order valence-corrected chi connectivity index (χ0v) is 16.3. The molecule has 2 aromatic heterocycles. The third kappa shape index (κ3) is 3.64. The molecule has 4 rings (SSSR count). The summed E-state index contributed by atoms with van der Waals surface area (Å²) in [5, 5.41) is 4.30. The van der Waals surface area contributed by atoms with Crippen molar-refractivity contribution in [2.24, 2.45) is 0 Å². The predicted molar refractivity (Wildman–Crippen MR) is 108 cm³/mol. The first-order valence-electron chi connectivity index (χ1n) is 7.84. The number of nitrogens with zero attached hydrogens (tertiary/aromatic N) is 1. The van der Waals surface area contributed by atoms with Crippen molar-refractivity contribution < 1.29 is 13.9 Å². The molecule has 8 heteroatoms. The number of hydrogen-bond donors (Lipinski definition) is 1. The number of methoxy groups -OCH3 is 1. The number of rotatable bonds is 4. The summed E-state index contributed by atoms with van der Waals surface area (Å²) in [5.41, 5.74) is 1.52. The molecule has 0 bridgehead atoms. The number of benzene rings is 2. The van der Waals surface area contributed by atoms with Gasteiger partial charge in [-0.1, -0.05) is 34.5 Å². The van der Waals surface area contributed by atoms with E-state index in [1.54, 1.807) is 43.5 Å². The highest BCUT2D eigenvalue weighted by Gasteiger charge is 2.15. The standard InChI is InChI=1S/C19H12Cl2N2O3S/c1-25-16-9-17-13(8-12(16)21)22-19(27-17)23-18(24)15-7-6-14(26-15)10-2-4-11(20)5-3-10/h2-9H,1H3,(H,22,23,24). The number of furan rings is 1. The predicted octanol–water partition coefficient (Wildman–Crippen LogP) is 6.12. The van der Waals surface area contributed by atoms with E-state index >= 15 is 0 Å². The molecule has 0 fully saturated rings. The molecule has 0 aliphatic rings. The van der Waals surface area contributed by atoms with Gasteiger partial charge in [0.1, 0.15) is 11.5 Å². The number of ether oxygens (including phenoxy) is 1. The number of aromatic nitrogens is 1. The van der Waals surface area contributed by atoms with Crippen LogP contribution in [0.1, 0.15) is 10.6 Å². The van der Waals surface area contributed by atoms with Crippen molar-refractivity contribution in [3.8, 4) is 17.1 Å². The fraction of sp³-hybridized carbons (Fsp3) is 0.0526. The Balaban J connectivity index is 1.55. The quantitative estimate of drug-likeness (QED) is 0.433. The normalized spacial score (nSPS) is 10.9. The molecule has 0 atom stereocenters. The molecule has 0 unspecified atom stereocenters. The number of carbonyl (C=O) groups is 1. The number of carbonyl (C=O) groups excluding carboxylic acids is 1. The lowest BCUT2D eigenvalue weighted by atomic mass is 10.2. The monoisotopic (exact) mass is 418 g/mol. The highest BCUT2D eigenvalue weighted by atomic mass is 35.5. The Labute approximate surface area is 168 Å². The van der Waals surface area contributed by atoms with Gasteiger partial charge in [0.05, 0.1) is 22.3 Å². The fourth-order valence-corrected chi connectivity index (χ4v) is 3.76. The second-order valence-electron chi connectivity index (χ2n) is 5.60. The van der Waals surface area contributed by atoms with Crippen molar-refractivity contribution in [2.75, 3.05) is 12.4 Å². The minimum atomic E-state index is -0.382. The van der Waals surface area contributed by atoms with Crippen LogP contribution < -0.4 is 10.1 Å². The number of halogens is 2. The molecule has 0 aliphatic heterocycles. The summed E-state index contributed by atoms with van der Waals surface area (Å²) in [4.78, 5) is 16.8. The molecule has 2 aromatic carbocycles. The second kappa shape index (κ2) is 7.23. The van der Waals surface area contributed by atoms with Gasteiger partial charge in [0.2, 0.25) is 0 Å². The molecule has 0 aliphatic carbocycles. The zero-order chi connectivity index (χ0) is 19.0. The van der Waals surface area contributed by atoms with Gasteiger partial charge in [-0.3, -0.25) is 10.1 Å². The summed E-state index contributed by atoms with van der Waals surface area (Å²) in [6, 6.07) is 14.0. The highest BCUT2D eigenvalue weighted by Crippen LogP contribution is 2.34. The third-order valence-corrected chi connectivity index (χ3v) is 5.32. The molecular formula is C19H12Cl2N2O3S. The molecule has 5 nitrogen and oxygen atoms in total. The topological polar surface area (TPSA) is 64.4 Å². The van der Waals surface area contributed by atoms with Crippen LogP contribution in [0.4, 0.5) is 5.13 Å². The maximum absolute atomic E-state index is 12.5. The Morgan fingerprint density at radius 3 is 2.67 bits per heavy atom. The molecule has 4 aromatic rings. The van der Waals surface area contributed by atoms with Crippen molar-refractivity contribution in [2.45, 2.75) is 0 Å². The van der Waals surface area contributed by atoms with Crippen LogP contribution in [-0.4, -0.2) is 18.0 Å². The highest BCUT2D eigenvalue weighted by molar-refractivity contribution is 7.22. The lowest BCUT2D eigenvalue weighted by Crippen LogP contribution is -2.10. The number of anilines is 1. The molecule has 2 heterocycles. The van der Waals surface area contributed by atoms with Gasteiger partial charge >= 0.3 is 0 Å². The molecule has 0 saturated heterocycles. The van der Waals surface area contributed by atoms with E-state index in [4.69, 9.17) is 32.4 Å². The summed E-state index contributed by atoms with van der Waals surface area (Å²) >= 11 is 13.3. The first-order valence-corrected chi connectivity index (χ1v) is 9.42. The number of hydrogen-bond acceptors (Lipinski definition) is 5. The van der Waals surface area contributed by atoms with E-state index in [-0.39, 0.29) is 11.7 Å². The van der Waals surface area contributed by atoms with Gasteiger partial charge in [-0.05, 0) is 42.5 Å². The zero-order valence-electron chi connectivity index (χ0n) is 14.0. The van der Waals surface area contributed by atoms with E-state index in [1.807, 2.05) is 12.1 Å². The third-order valence-electron chi connectivity index (χ3n) is 3.84. The molecule has 0 radical (unpaired) electrons. The van der Waals surface area contributed by atoms with E-state index < -0.39 is 0 Å². The van der Waals surface area contributed by atoms with Gasteiger partial charge in [0.25, 0.3) is 5.91 Å². The van der Waals surface area contributed by atoms with Crippen molar-refractivity contribution in [1.82, 2.24) is 4.98 Å². The minimum absolute atomic E-state index is 0.190. The first-order chi connectivity index (χ1) is 13.0. The number of fused-ring (bicyclic) bond motifs is 1. The number of nitrogens with one attached hydrogen (secondary N) is 1. The maximum atomic E-state index is 12.5. The first kappa shape index (κ1) is 17.9. The van der Waals surface area contributed by atoms with E-state index in [1.165, 1.54) is 11.3 Å². The Morgan fingerprint density at radius 2 is 1.93 bits per heavy atom. The van der Waals surface area contributed by atoms with E-state index in [2.05, 4.69) is 10.3 Å². The van der Waals surface area contributed by atoms with Crippen LogP contribution in [0.5, 0.6) is 5.75 Å². The van der Waals surface area contributed by atoms with Gasteiger partial charge in [0, 0.05) is 16.7 Å². The van der Waals surface area contributed by atoms with Gasteiger partial charge < -0.3 is 9.15 Å². The fourth-order valence-electron chi connectivity index (χ4n) is 2.53. The average Bonchev–Trinajstić information content (AvgIpc) is 3.28. The number of thiazole rings is 1. The molecule has 136 valence electrons. The maximum Gasteiger partial charge on any atom is 0.293 e. The molecule has 0 spiro atoms. The molecule has 27 heavy (non-hydrogen) atoms. The van der Waals surface area contributed by atoms with Crippen LogP contribution in [0, 0.1) is 0 Å². The van der Waals surface area contributed by atoms with Crippen LogP contribution in [0.3, 0.4) is 0 Å². The van der Waals surface area contributed by atoms with E-state index in [0.29, 0.717) is 32.2 Å². The SMILES string of the molecule is COc1cc2sc(NC(=O)c3ccc(-c4ccc(Cl)cc4)o3)nc2cc1Cl. The van der Waals surface area contributed by atoms with Crippen LogP contribution in [0.15, 0.2) is 52.9 Å². The molecule has 1 amide bonds. The van der Waals surface area contributed by atoms with Crippen LogP contribution in [-0.2, 0) is 0 Å². The van der Waals surface area contributed by atoms with Crippen LogP contribution in [0.25, 0.3) is 21.5 Å². The Bertz CT molecular complexity index is 1140. The van der Waals surface area contributed by atoms with E-state index in [0.717, 1.165) is 10.3 Å². The summed E-state index contributed by atoms with van der Waals surface area (Å²) in [7, 11) is 1.55. The van der Waals surface area contributed by atoms with Crippen molar-refractivity contribution >= 4 is 55.8 Å². The summed E-state index contributed by atoms with van der Waals surface area (Å²) in [5.74, 6) is 0.948. The largest absolute Gasteiger partial charge is 0.495 e. The second-order valence-corrected chi connectivity index (χ2v) is 7.47. The Kier molecular flexibility index (Phi) is 4.78. The minimum Gasteiger partial charge on any atom is -0.495 e. The van der Waals surface area contributed by atoms with E-state index in [9.17, 15) is 4.79 Å². The summed E-state index contributed by atoms with van der Waals surface area (Å²) in [6.07, 6.45) is 0. The van der Waals surface area contributed by atoms with Gasteiger partial charge in [0.15, 0.2) is 10.9 Å². The van der Waals surface area contributed by atoms with Crippen molar-refractivity contribution in [3.05, 3.63) is 64.3 Å². The van der Waals surface area contributed by atoms with Crippen LogP contribution in [0.2, 0.25) is 10.0 Å². The summed E-state index contributed by atoms with van der Waals surface area (Å²) < 4.78 is 11.7. The van der Waals surface area contributed by atoms with Crippen molar-refractivity contribution in [1.29, 1.82) is 0 Å². The smallest absolute Gasteiger partial charge is 0.293 e. The Morgan fingerprint density at radius 1 is 1.15 bits per heavy atom.